The van der Waals surface area contributed by atoms with Crippen LogP contribution in [0.3, 0.4) is 0 Å². The Bertz CT molecular complexity index is 4580. The van der Waals surface area contributed by atoms with Gasteiger partial charge in [-0.3, -0.25) is 0 Å². The molecular formula is C114H156FN. The average molecular weight is 1560 g/mol. The third-order valence-corrected chi connectivity index (χ3v) is 28.4. The van der Waals surface area contributed by atoms with Crippen molar-refractivity contribution in [2.24, 2.45) is 0 Å². The lowest BCUT2D eigenvalue weighted by Gasteiger charge is -2.34. The summed E-state index contributed by atoms with van der Waals surface area (Å²) in [6.45, 7) is 17.3. The van der Waals surface area contributed by atoms with E-state index in [2.05, 4.69) is 193 Å². The number of halogens is 1. The monoisotopic (exact) mass is 1560 g/mol. The van der Waals surface area contributed by atoms with E-state index in [4.69, 9.17) is 0 Å². The minimum absolute atomic E-state index is 0.0824. The molecule has 0 atom stereocenters. The Morgan fingerprint density at radius 2 is 0.509 bits per heavy atom. The highest BCUT2D eigenvalue weighted by Gasteiger charge is 2.45. The van der Waals surface area contributed by atoms with Crippen LogP contribution in [0, 0.1) is 19.7 Å². The van der Waals surface area contributed by atoms with Gasteiger partial charge >= 0.3 is 0 Å². The lowest BCUT2D eigenvalue weighted by Crippen LogP contribution is -2.25. The average Bonchev–Trinajstić information content (AvgIpc) is 1.51. The molecule has 0 saturated heterocycles. The van der Waals surface area contributed by atoms with Crippen molar-refractivity contribution < 1.29 is 4.39 Å². The van der Waals surface area contributed by atoms with Crippen LogP contribution in [0.1, 0.15) is 415 Å². The fourth-order valence-electron chi connectivity index (χ4n) is 21.7. The van der Waals surface area contributed by atoms with Crippen molar-refractivity contribution >= 4 is 43.4 Å². The molecule has 1 aromatic heterocycles. The third-order valence-electron chi connectivity index (χ3n) is 28.4. The van der Waals surface area contributed by atoms with E-state index in [-0.39, 0.29) is 16.6 Å². The van der Waals surface area contributed by atoms with Crippen molar-refractivity contribution in [1.29, 1.82) is 0 Å². The van der Waals surface area contributed by atoms with Gasteiger partial charge in [-0.1, -0.05) is 464 Å². The number of aryl methyl sites for hydroxylation is 3. The van der Waals surface area contributed by atoms with E-state index >= 15 is 4.39 Å². The van der Waals surface area contributed by atoms with Crippen LogP contribution in [-0.2, 0) is 17.4 Å². The van der Waals surface area contributed by atoms with Gasteiger partial charge in [0.15, 0.2) is 0 Å². The first kappa shape index (κ1) is 88.5. The Morgan fingerprint density at radius 3 is 0.914 bits per heavy atom. The molecule has 2 heteroatoms. The van der Waals surface area contributed by atoms with Crippen LogP contribution >= 0.6 is 0 Å². The fraction of sp³-hybridized carbons (Fsp3) is 0.561. The summed E-state index contributed by atoms with van der Waals surface area (Å²) in [6, 6.07) is 60.3. The maximum absolute atomic E-state index is 16.9. The van der Waals surface area contributed by atoms with Gasteiger partial charge in [-0.25, -0.2) is 4.39 Å². The van der Waals surface area contributed by atoms with Gasteiger partial charge in [-0.15, -0.1) is 0 Å². The van der Waals surface area contributed by atoms with Crippen LogP contribution in [0.2, 0.25) is 0 Å². The number of rotatable bonds is 58. The largest absolute Gasteiger partial charge is 0.340 e. The Morgan fingerprint density at radius 1 is 0.233 bits per heavy atom. The zero-order chi connectivity index (χ0) is 80.6. The zero-order valence-electron chi connectivity index (χ0n) is 74.6. The lowest BCUT2D eigenvalue weighted by atomic mass is 9.69. The molecule has 2 aliphatic rings. The number of benzene rings is 9. The maximum atomic E-state index is 16.9. The minimum atomic E-state index is -0.171. The number of fused-ring (bicyclic) bond motifs is 11. The Hall–Kier alpha value is -6.77. The summed E-state index contributed by atoms with van der Waals surface area (Å²) >= 11 is 0. The fourth-order valence-corrected chi connectivity index (χ4v) is 21.7. The van der Waals surface area contributed by atoms with Crippen molar-refractivity contribution in [2.45, 2.75) is 413 Å². The topological polar surface area (TPSA) is 4.93 Å². The molecule has 0 aliphatic heterocycles. The maximum Gasteiger partial charge on any atom is 0.123 e. The summed E-state index contributed by atoms with van der Waals surface area (Å²) in [5.74, 6) is -0.169. The van der Waals surface area contributed by atoms with Crippen LogP contribution in [0.15, 0.2) is 152 Å². The van der Waals surface area contributed by atoms with Crippen LogP contribution in [-0.4, -0.2) is 4.57 Å². The minimum Gasteiger partial charge on any atom is -0.340 e. The number of nitrogens with zero attached hydrogens (tertiary/aromatic N) is 1. The molecule has 1 nitrogen and oxygen atoms in total. The second kappa shape index (κ2) is 46.7. The van der Waals surface area contributed by atoms with E-state index in [9.17, 15) is 0 Å². The molecule has 1 heterocycles. The molecule has 2 aliphatic carbocycles. The highest BCUT2D eigenvalue weighted by atomic mass is 19.1. The van der Waals surface area contributed by atoms with Crippen LogP contribution in [0.5, 0.6) is 0 Å². The second-order valence-electron chi connectivity index (χ2n) is 37.3. The first-order valence-electron chi connectivity index (χ1n) is 49.4. The van der Waals surface area contributed by atoms with Crippen LogP contribution in [0.4, 0.5) is 4.39 Å². The molecular weight excluding hydrogens is 1400 g/mol. The Balaban J connectivity index is 0.932. The smallest absolute Gasteiger partial charge is 0.123 e. The van der Waals surface area contributed by atoms with Crippen molar-refractivity contribution in [2.75, 3.05) is 0 Å². The van der Waals surface area contributed by atoms with Crippen molar-refractivity contribution in [3.05, 3.63) is 191 Å². The molecule has 116 heavy (non-hydrogen) atoms. The van der Waals surface area contributed by atoms with Gasteiger partial charge in [0.1, 0.15) is 5.82 Å². The SMILES string of the molecule is CCCCCCCCCCCCn1c2cc(C)ccc2c2ccc(-c3ccc4c(c3)C(CCCCCCCCCCCC)(CCCCCCCCCCCC)c3cc(-c5c6ccccc6c(-c6ccc7c(c6)C(CCCCCCCCCCCC)(CCCCCCCCCCCC)c6cc(C)ccc6-7)c6cc(F)ccc56)ccc3-4)cc21. The highest BCUT2D eigenvalue weighted by Crippen LogP contribution is 2.59. The van der Waals surface area contributed by atoms with Crippen molar-refractivity contribution in [3.63, 3.8) is 0 Å². The molecule has 0 saturated carbocycles. The molecule has 9 aromatic carbocycles. The summed E-state index contributed by atoms with van der Waals surface area (Å²) in [6.07, 6.45) is 71.6. The number of hydrogen-bond acceptors (Lipinski definition) is 0. The zero-order valence-corrected chi connectivity index (χ0v) is 74.6. The molecule has 0 spiro atoms. The van der Waals surface area contributed by atoms with E-state index in [1.165, 1.54) is 444 Å². The van der Waals surface area contributed by atoms with Gasteiger partial charge in [-0.2, -0.15) is 0 Å². The molecule has 10 aromatic rings. The highest BCUT2D eigenvalue weighted by molar-refractivity contribution is 6.22. The summed E-state index contributed by atoms with van der Waals surface area (Å²) in [5, 5.41) is 7.39. The third kappa shape index (κ3) is 22.6. The number of hydrogen-bond donors (Lipinski definition) is 0. The predicted molar refractivity (Wildman–Crippen MR) is 510 cm³/mol. The van der Waals surface area contributed by atoms with E-state index < -0.39 is 0 Å². The summed E-state index contributed by atoms with van der Waals surface area (Å²) in [4.78, 5) is 0. The lowest BCUT2D eigenvalue weighted by molar-refractivity contribution is 0.397. The summed E-state index contributed by atoms with van der Waals surface area (Å²) < 4.78 is 19.6. The second-order valence-corrected chi connectivity index (χ2v) is 37.3. The van der Waals surface area contributed by atoms with E-state index in [0.717, 1.165) is 30.2 Å². The van der Waals surface area contributed by atoms with Gasteiger partial charge in [0.25, 0.3) is 0 Å². The Kier molecular flexibility index (Phi) is 35.6. The quantitative estimate of drug-likeness (QED) is 0.0264. The normalized spacial score (nSPS) is 13.3. The predicted octanol–water partition coefficient (Wildman–Crippen LogP) is 37.6. The van der Waals surface area contributed by atoms with Crippen LogP contribution in [0.25, 0.3) is 99.0 Å². The molecule has 0 bridgehead atoms. The number of aromatic nitrogens is 1. The van der Waals surface area contributed by atoms with Gasteiger partial charge in [0, 0.05) is 39.2 Å². The molecule has 0 unspecified atom stereocenters. The first-order valence-corrected chi connectivity index (χ1v) is 49.4. The van der Waals surface area contributed by atoms with Crippen molar-refractivity contribution in [3.8, 4) is 55.6 Å². The van der Waals surface area contributed by atoms with E-state index in [0.29, 0.717) is 0 Å². The molecule has 624 valence electrons. The molecule has 0 N–H and O–H groups in total. The van der Waals surface area contributed by atoms with Gasteiger partial charge in [-0.05, 0) is 193 Å². The standard InChI is InChI=1S/C114H156FN/c1-8-13-18-23-28-33-38-43-48-55-76-113(77-56-49-44-39-34-29-24-19-14-9-2)105-81-88(6)62-69-95(105)97-73-67-93(85-107(97)113)112-102-61-54-53-60-101(102)111(103-75-68-94(115)87-104(103)112)92-66-72-98-96-71-64-90(91-65-74-100-99-70-63-89(7)82-109(99)116(110(100)86-91)80-59-52-47-42-37-32-27-22-17-12-5)83-106(96)114(108(98)84-92,78-57-50-45-40-35-30-25-20-15-10-3)79-58-51-46-41-36-31-26-21-16-11-4/h53-54,60-75,81-87H,8-52,55-59,76-80H2,1-7H3. The molecule has 0 amide bonds. The van der Waals surface area contributed by atoms with Crippen LogP contribution < -0.4 is 0 Å². The first-order chi connectivity index (χ1) is 57.2. The van der Waals surface area contributed by atoms with Gasteiger partial charge in [0.05, 0.1) is 0 Å². The molecule has 12 rings (SSSR count). The van der Waals surface area contributed by atoms with E-state index in [1.807, 2.05) is 6.07 Å². The number of unbranched alkanes of at least 4 members (excludes halogenated alkanes) is 45. The molecule has 0 radical (unpaired) electrons. The van der Waals surface area contributed by atoms with Crippen molar-refractivity contribution in [1.82, 2.24) is 4.57 Å². The van der Waals surface area contributed by atoms with E-state index in [1.54, 1.807) is 17.2 Å². The van der Waals surface area contributed by atoms with Gasteiger partial charge < -0.3 is 4.57 Å². The molecule has 0 fully saturated rings. The summed E-state index contributed by atoms with van der Waals surface area (Å²) in [5.41, 5.74) is 24.6. The summed E-state index contributed by atoms with van der Waals surface area (Å²) in [7, 11) is 0. The van der Waals surface area contributed by atoms with Gasteiger partial charge in [0.2, 0.25) is 0 Å². The Labute approximate surface area is 706 Å².